The molecule has 0 aliphatic rings. The van der Waals surface area contributed by atoms with Crippen LogP contribution in [0.25, 0.3) is 6.08 Å². The fourth-order valence-corrected chi connectivity index (χ4v) is 1.27. The van der Waals surface area contributed by atoms with Crippen LogP contribution in [0.4, 0.5) is 0 Å². The van der Waals surface area contributed by atoms with E-state index in [1.807, 2.05) is 24.3 Å². The molecule has 0 spiro atoms. The van der Waals surface area contributed by atoms with E-state index in [-0.39, 0.29) is 10.6 Å². The van der Waals surface area contributed by atoms with Crippen molar-refractivity contribution in [3.05, 3.63) is 51.2 Å². The molecule has 0 fully saturated rings. The Morgan fingerprint density at radius 3 is 2.27 bits per heavy atom. The standard InChI is InChI=1S/C12H15NO2/c1-9(2)12-6-4-11(5-7-12)8-10(3)13(14)15/h4-9H,1-3H3. The Bertz CT molecular complexity index is 377. The van der Waals surface area contributed by atoms with Gasteiger partial charge in [0.1, 0.15) is 0 Å². The van der Waals surface area contributed by atoms with Crippen molar-refractivity contribution in [3.63, 3.8) is 0 Å². The molecule has 3 nitrogen and oxygen atoms in total. The molecule has 0 saturated carbocycles. The average molecular weight is 205 g/mol. The molecule has 0 heterocycles. The number of hydrogen-bond acceptors (Lipinski definition) is 2. The number of nitrogens with zero attached hydrogens (tertiary/aromatic N) is 1. The van der Waals surface area contributed by atoms with Crippen molar-refractivity contribution in [2.45, 2.75) is 26.7 Å². The summed E-state index contributed by atoms with van der Waals surface area (Å²) in [6, 6.07) is 7.82. The Hall–Kier alpha value is -1.64. The first-order valence-electron chi connectivity index (χ1n) is 4.93. The third-order valence-electron chi connectivity index (χ3n) is 2.27. The molecule has 3 heteroatoms. The van der Waals surface area contributed by atoms with E-state index in [4.69, 9.17) is 0 Å². The minimum Gasteiger partial charge on any atom is -0.259 e. The fourth-order valence-electron chi connectivity index (χ4n) is 1.27. The highest BCUT2D eigenvalue weighted by Crippen LogP contribution is 2.16. The molecule has 0 unspecified atom stereocenters. The number of benzene rings is 1. The zero-order chi connectivity index (χ0) is 11.4. The number of nitro groups is 1. The lowest BCUT2D eigenvalue weighted by molar-refractivity contribution is -0.422. The summed E-state index contributed by atoms with van der Waals surface area (Å²) in [7, 11) is 0. The van der Waals surface area contributed by atoms with Crippen LogP contribution in [-0.2, 0) is 0 Å². The van der Waals surface area contributed by atoms with E-state index in [0.717, 1.165) is 5.56 Å². The van der Waals surface area contributed by atoms with Crippen LogP contribution in [0.5, 0.6) is 0 Å². The second-order valence-electron chi connectivity index (χ2n) is 3.86. The van der Waals surface area contributed by atoms with Crippen molar-refractivity contribution < 1.29 is 4.92 Å². The van der Waals surface area contributed by atoms with Gasteiger partial charge < -0.3 is 0 Å². The van der Waals surface area contributed by atoms with Gasteiger partial charge in [0.25, 0.3) is 0 Å². The van der Waals surface area contributed by atoms with E-state index in [1.165, 1.54) is 12.5 Å². The van der Waals surface area contributed by atoms with Crippen molar-refractivity contribution in [2.24, 2.45) is 0 Å². The lowest BCUT2D eigenvalue weighted by Crippen LogP contribution is -1.93. The van der Waals surface area contributed by atoms with Gasteiger partial charge in [0.2, 0.25) is 5.70 Å². The Balaban J connectivity index is 2.90. The van der Waals surface area contributed by atoms with Crippen LogP contribution in [-0.4, -0.2) is 4.92 Å². The Labute approximate surface area is 89.6 Å². The topological polar surface area (TPSA) is 43.1 Å². The fraction of sp³-hybridized carbons (Fsp3) is 0.333. The van der Waals surface area contributed by atoms with Crippen molar-refractivity contribution in [2.75, 3.05) is 0 Å². The zero-order valence-electron chi connectivity index (χ0n) is 9.23. The van der Waals surface area contributed by atoms with Crippen molar-refractivity contribution >= 4 is 6.08 Å². The summed E-state index contributed by atoms with van der Waals surface area (Å²) >= 11 is 0. The summed E-state index contributed by atoms with van der Waals surface area (Å²) in [6.07, 6.45) is 1.57. The summed E-state index contributed by atoms with van der Waals surface area (Å²) in [5.41, 5.74) is 2.27. The van der Waals surface area contributed by atoms with E-state index in [0.29, 0.717) is 5.92 Å². The minimum absolute atomic E-state index is 0.160. The van der Waals surface area contributed by atoms with E-state index < -0.39 is 0 Å². The molecule has 0 radical (unpaired) electrons. The van der Waals surface area contributed by atoms with E-state index in [9.17, 15) is 10.1 Å². The van der Waals surface area contributed by atoms with Gasteiger partial charge in [-0.2, -0.15) is 0 Å². The molecule has 15 heavy (non-hydrogen) atoms. The molecule has 0 aromatic heterocycles. The molecule has 0 atom stereocenters. The van der Waals surface area contributed by atoms with Crippen LogP contribution in [0.2, 0.25) is 0 Å². The summed E-state index contributed by atoms with van der Waals surface area (Å²) in [5, 5.41) is 10.4. The van der Waals surface area contributed by atoms with Gasteiger partial charge in [0.15, 0.2) is 0 Å². The number of allylic oxidation sites excluding steroid dienone is 1. The first-order valence-corrected chi connectivity index (χ1v) is 4.93. The summed E-state index contributed by atoms with van der Waals surface area (Å²) in [6.45, 7) is 5.73. The summed E-state index contributed by atoms with van der Waals surface area (Å²) in [4.78, 5) is 10.0. The van der Waals surface area contributed by atoms with Crippen molar-refractivity contribution in [1.82, 2.24) is 0 Å². The third kappa shape index (κ3) is 3.20. The lowest BCUT2D eigenvalue weighted by Gasteiger charge is -2.04. The van der Waals surface area contributed by atoms with Crippen LogP contribution < -0.4 is 0 Å². The number of hydrogen-bond donors (Lipinski definition) is 0. The van der Waals surface area contributed by atoms with Gasteiger partial charge in [-0.05, 0) is 17.0 Å². The van der Waals surface area contributed by atoms with E-state index in [2.05, 4.69) is 13.8 Å². The summed E-state index contributed by atoms with van der Waals surface area (Å²) < 4.78 is 0. The largest absolute Gasteiger partial charge is 0.259 e. The highest BCUT2D eigenvalue weighted by molar-refractivity contribution is 5.51. The number of rotatable bonds is 3. The van der Waals surface area contributed by atoms with Crippen LogP contribution in [0.15, 0.2) is 30.0 Å². The Morgan fingerprint density at radius 2 is 1.87 bits per heavy atom. The van der Waals surface area contributed by atoms with E-state index >= 15 is 0 Å². The minimum atomic E-state index is -0.379. The molecule has 0 bridgehead atoms. The maximum absolute atomic E-state index is 10.4. The van der Waals surface area contributed by atoms with Crippen LogP contribution in [0.3, 0.4) is 0 Å². The van der Waals surface area contributed by atoms with Crippen LogP contribution in [0, 0.1) is 10.1 Å². The van der Waals surface area contributed by atoms with Gasteiger partial charge in [-0.25, -0.2) is 0 Å². The van der Waals surface area contributed by atoms with Gasteiger partial charge in [-0.15, -0.1) is 0 Å². The zero-order valence-corrected chi connectivity index (χ0v) is 9.23. The molecule has 0 N–H and O–H groups in total. The molecular weight excluding hydrogens is 190 g/mol. The van der Waals surface area contributed by atoms with Gasteiger partial charge in [0.05, 0.1) is 4.92 Å². The Kier molecular flexibility index (Phi) is 3.61. The molecule has 0 saturated heterocycles. The third-order valence-corrected chi connectivity index (χ3v) is 2.27. The monoisotopic (exact) mass is 205 g/mol. The second kappa shape index (κ2) is 4.73. The SMILES string of the molecule is CC(=Cc1ccc(C(C)C)cc1)[N+](=O)[O-]. The molecule has 0 amide bonds. The van der Waals surface area contributed by atoms with Crippen LogP contribution >= 0.6 is 0 Å². The van der Waals surface area contributed by atoms with Crippen molar-refractivity contribution in [1.29, 1.82) is 0 Å². The molecule has 80 valence electrons. The highest BCUT2D eigenvalue weighted by Gasteiger charge is 2.02. The van der Waals surface area contributed by atoms with E-state index in [1.54, 1.807) is 6.08 Å². The van der Waals surface area contributed by atoms with Gasteiger partial charge in [-0.3, -0.25) is 10.1 Å². The first-order chi connectivity index (χ1) is 7.00. The predicted octanol–water partition coefficient (Wildman–Crippen LogP) is 3.45. The second-order valence-corrected chi connectivity index (χ2v) is 3.86. The maximum Gasteiger partial charge on any atom is 0.243 e. The van der Waals surface area contributed by atoms with Gasteiger partial charge >= 0.3 is 0 Å². The normalized spacial score (nSPS) is 11.9. The molecular formula is C12H15NO2. The summed E-state index contributed by atoms with van der Waals surface area (Å²) in [5.74, 6) is 0.486. The van der Waals surface area contributed by atoms with Crippen molar-refractivity contribution in [3.8, 4) is 0 Å². The van der Waals surface area contributed by atoms with Gasteiger partial charge in [-0.1, -0.05) is 38.1 Å². The average Bonchev–Trinajstić information content (AvgIpc) is 2.18. The first kappa shape index (κ1) is 11.4. The molecule has 0 aliphatic heterocycles. The van der Waals surface area contributed by atoms with Crippen LogP contribution in [0.1, 0.15) is 37.8 Å². The molecule has 1 aromatic rings. The molecule has 1 aromatic carbocycles. The smallest absolute Gasteiger partial charge is 0.243 e. The molecule has 0 aliphatic carbocycles. The molecule has 1 rings (SSSR count). The highest BCUT2D eigenvalue weighted by atomic mass is 16.6. The van der Waals surface area contributed by atoms with Gasteiger partial charge in [0, 0.05) is 13.0 Å². The Morgan fingerprint density at radius 1 is 1.33 bits per heavy atom. The lowest BCUT2D eigenvalue weighted by atomic mass is 10.0. The quantitative estimate of drug-likeness (QED) is 0.560. The maximum atomic E-state index is 10.4. The predicted molar refractivity (Wildman–Crippen MR) is 61.2 cm³/mol.